The molecule has 3 rings (SSSR count). The van der Waals surface area contributed by atoms with Gasteiger partial charge in [0, 0.05) is 11.3 Å². The van der Waals surface area contributed by atoms with E-state index >= 15 is 0 Å². The molecule has 4 N–H and O–H groups in total. The molecule has 38 heavy (non-hydrogen) atoms. The third kappa shape index (κ3) is 8.54. The first-order valence-corrected chi connectivity index (χ1v) is 12.7. The number of nitrogens with two attached hydrogens (primary N) is 1. The van der Waals surface area contributed by atoms with Gasteiger partial charge in [0.15, 0.2) is 5.78 Å². The van der Waals surface area contributed by atoms with Gasteiger partial charge in [0.05, 0.1) is 12.1 Å². The average molecular weight is 517 g/mol. The summed E-state index contributed by atoms with van der Waals surface area (Å²) in [5, 5.41) is 5.78. The van der Waals surface area contributed by atoms with E-state index in [1.54, 1.807) is 31.2 Å². The summed E-state index contributed by atoms with van der Waals surface area (Å²) in [6.45, 7) is 2.36. The van der Waals surface area contributed by atoms with Crippen LogP contribution in [0, 0.1) is 0 Å². The Labute approximate surface area is 224 Å². The van der Waals surface area contributed by atoms with Crippen molar-refractivity contribution in [2.24, 2.45) is 5.73 Å². The minimum Gasteiger partial charge on any atom is -0.410 e. The van der Waals surface area contributed by atoms with Crippen molar-refractivity contribution in [2.45, 2.75) is 38.3 Å². The summed E-state index contributed by atoms with van der Waals surface area (Å²) >= 11 is 0. The quantitative estimate of drug-likeness (QED) is 0.233. The van der Waals surface area contributed by atoms with E-state index in [1.807, 2.05) is 73.6 Å². The van der Waals surface area contributed by atoms with Crippen LogP contribution in [0.2, 0.25) is 0 Å². The first kappa shape index (κ1) is 28.6. The average Bonchev–Trinajstić information content (AvgIpc) is 2.90. The van der Waals surface area contributed by atoms with E-state index in [2.05, 4.69) is 10.6 Å². The molecule has 0 saturated heterocycles. The Hall–Kier alpha value is -4.01. The number of amides is 2. The molecule has 0 aliphatic rings. The van der Waals surface area contributed by atoms with Crippen LogP contribution in [0.15, 0.2) is 78.9 Å². The van der Waals surface area contributed by atoms with Crippen molar-refractivity contribution in [1.82, 2.24) is 10.2 Å². The summed E-state index contributed by atoms with van der Waals surface area (Å²) in [4.78, 5) is 38.9. The lowest BCUT2D eigenvalue weighted by Gasteiger charge is -2.24. The molecule has 200 valence electrons. The van der Waals surface area contributed by atoms with Gasteiger partial charge in [0.2, 0.25) is 5.91 Å². The Balaban J connectivity index is 1.62. The molecule has 0 aliphatic carbocycles. The number of rotatable bonds is 13. The van der Waals surface area contributed by atoms with Gasteiger partial charge in [-0.3, -0.25) is 19.8 Å². The smallest absolute Gasteiger partial charge is 0.410 e. The Morgan fingerprint density at radius 2 is 1.58 bits per heavy atom. The van der Waals surface area contributed by atoms with E-state index < -0.39 is 6.09 Å². The molecule has 8 heteroatoms. The summed E-state index contributed by atoms with van der Waals surface area (Å²) in [6.07, 6.45) is 1.42. The molecule has 2 atom stereocenters. The molecule has 0 aromatic heterocycles. The number of ketones is 1. The molecule has 0 aliphatic heterocycles. The maximum absolute atomic E-state index is 13.6. The fourth-order valence-electron chi connectivity index (χ4n) is 4.05. The summed E-state index contributed by atoms with van der Waals surface area (Å²) < 4.78 is 5.37. The number of carbonyl (C=O) groups excluding carboxylic acids is 3. The van der Waals surface area contributed by atoms with E-state index in [1.165, 1.54) is 0 Å². The second-order valence-electron chi connectivity index (χ2n) is 9.41. The fraction of sp³-hybridized carbons (Fsp3) is 0.300. The third-order valence-electron chi connectivity index (χ3n) is 6.29. The molecule has 0 radical (unpaired) electrons. The zero-order valence-corrected chi connectivity index (χ0v) is 22.1. The van der Waals surface area contributed by atoms with Crippen molar-refractivity contribution in [1.29, 1.82) is 0 Å². The molecule has 0 spiro atoms. The number of likely N-dealkylation sites (N-methyl/N-ethyl adjacent to an activating group) is 1. The number of hydrogen-bond acceptors (Lipinski definition) is 6. The second-order valence-corrected chi connectivity index (χ2v) is 9.41. The number of anilines is 1. The van der Waals surface area contributed by atoms with Crippen molar-refractivity contribution < 1.29 is 19.1 Å². The highest BCUT2D eigenvalue weighted by molar-refractivity contribution is 6.01. The zero-order valence-electron chi connectivity index (χ0n) is 22.1. The number of Topliss-reactive ketones (excluding diaryl/α,β-unsaturated/α-hetero) is 1. The number of ether oxygens (including phenoxy) is 1. The number of nitrogens with zero attached hydrogens (tertiary/aromatic N) is 1. The van der Waals surface area contributed by atoms with Crippen molar-refractivity contribution in [2.75, 3.05) is 26.0 Å². The van der Waals surface area contributed by atoms with E-state index in [0.29, 0.717) is 36.4 Å². The Bertz CT molecular complexity index is 1210. The maximum atomic E-state index is 13.6. The number of aryl methyl sites for hydroxylation is 1. The largest absolute Gasteiger partial charge is 0.417 e. The van der Waals surface area contributed by atoms with E-state index in [4.69, 9.17) is 10.5 Å². The van der Waals surface area contributed by atoms with Crippen molar-refractivity contribution >= 4 is 23.5 Å². The van der Waals surface area contributed by atoms with E-state index in [0.717, 1.165) is 17.5 Å². The van der Waals surface area contributed by atoms with Gasteiger partial charge in [0.25, 0.3) is 0 Å². The number of carbonyl (C=O) groups is 3. The van der Waals surface area contributed by atoms with Gasteiger partial charge in [-0.1, -0.05) is 54.6 Å². The predicted octanol–water partition coefficient (Wildman–Crippen LogP) is 4.05. The van der Waals surface area contributed by atoms with Gasteiger partial charge in [-0.05, 0) is 82.2 Å². The van der Waals surface area contributed by atoms with Crippen LogP contribution in [-0.4, -0.2) is 55.4 Å². The van der Waals surface area contributed by atoms with Gasteiger partial charge < -0.3 is 15.8 Å². The highest BCUT2D eigenvalue weighted by Crippen LogP contribution is 2.20. The number of hydrogen-bond donors (Lipinski definition) is 3. The van der Waals surface area contributed by atoms with Gasteiger partial charge in [-0.25, -0.2) is 4.79 Å². The highest BCUT2D eigenvalue weighted by atomic mass is 16.6. The maximum Gasteiger partial charge on any atom is 0.417 e. The van der Waals surface area contributed by atoms with Crippen molar-refractivity contribution in [3.63, 3.8) is 0 Å². The van der Waals surface area contributed by atoms with Gasteiger partial charge in [-0.2, -0.15) is 0 Å². The summed E-state index contributed by atoms with van der Waals surface area (Å²) in [6, 6.07) is 23.2. The summed E-state index contributed by atoms with van der Waals surface area (Å²) in [7, 11) is 3.79. The van der Waals surface area contributed by atoms with Crippen LogP contribution < -0.4 is 21.1 Å². The van der Waals surface area contributed by atoms with Crippen LogP contribution in [-0.2, 0) is 17.6 Å². The Morgan fingerprint density at radius 3 is 2.24 bits per heavy atom. The van der Waals surface area contributed by atoms with Crippen molar-refractivity contribution in [3.8, 4) is 5.75 Å². The zero-order chi connectivity index (χ0) is 27.5. The van der Waals surface area contributed by atoms with Crippen molar-refractivity contribution in [3.05, 3.63) is 95.6 Å². The molecule has 0 bridgehead atoms. The molecule has 8 nitrogen and oxygen atoms in total. The first-order valence-electron chi connectivity index (χ1n) is 12.7. The number of benzene rings is 3. The lowest BCUT2D eigenvalue weighted by Crippen LogP contribution is -2.39. The summed E-state index contributed by atoms with van der Waals surface area (Å²) in [5.74, 6) is 0.0793. The predicted molar refractivity (Wildman–Crippen MR) is 149 cm³/mol. The molecule has 3 aromatic carbocycles. The molecular weight excluding hydrogens is 480 g/mol. The summed E-state index contributed by atoms with van der Waals surface area (Å²) in [5.41, 5.74) is 8.58. The third-order valence-corrected chi connectivity index (χ3v) is 6.29. The van der Waals surface area contributed by atoms with Crippen LogP contribution in [0.4, 0.5) is 10.5 Å². The van der Waals surface area contributed by atoms with Crippen LogP contribution >= 0.6 is 0 Å². The second kappa shape index (κ2) is 14.1. The Morgan fingerprint density at radius 1 is 0.921 bits per heavy atom. The SMILES string of the molecule is C[C@@H](NCCCc1ccccc1C(=O)[C@H](Cc1ccc(OC(=O)Nc2ccccc2)cc1)N(C)C)C(N)=O. The van der Waals surface area contributed by atoms with Crippen LogP contribution in [0.3, 0.4) is 0 Å². The molecule has 3 aromatic rings. The standard InChI is InChI=1S/C30H36N4O4/c1-21(29(31)36)32-19-9-11-23-10-7-8-14-26(23)28(35)27(34(2)3)20-22-15-17-25(18-16-22)38-30(37)33-24-12-5-4-6-13-24/h4-8,10,12-18,21,27,32H,9,11,19-20H2,1-3H3,(H2,31,36)(H,33,37)/t21-,27+/m1/s1. The van der Waals surface area contributed by atoms with Gasteiger partial charge in [-0.15, -0.1) is 0 Å². The topological polar surface area (TPSA) is 114 Å². The molecule has 0 fully saturated rings. The van der Waals surface area contributed by atoms with E-state index in [9.17, 15) is 14.4 Å². The van der Waals surface area contributed by atoms with Gasteiger partial charge >= 0.3 is 6.09 Å². The van der Waals surface area contributed by atoms with Crippen LogP contribution in [0.5, 0.6) is 5.75 Å². The molecule has 0 saturated carbocycles. The lowest BCUT2D eigenvalue weighted by atomic mass is 9.92. The lowest BCUT2D eigenvalue weighted by molar-refractivity contribution is -0.119. The normalized spacial score (nSPS) is 12.5. The fourth-order valence-corrected chi connectivity index (χ4v) is 4.05. The monoisotopic (exact) mass is 516 g/mol. The molecule has 0 unspecified atom stereocenters. The minimum atomic E-state index is -0.568. The number of nitrogens with one attached hydrogen (secondary N) is 2. The highest BCUT2D eigenvalue weighted by Gasteiger charge is 2.24. The van der Waals surface area contributed by atoms with Crippen LogP contribution in [0.25, 0.3) is 0 Å². The van der Waals surface area contributed by atoms with E-state index in [-0.39, 0.29) is 23.8 Å². The number of primary amides is 1. The minimum absolute atomic E-state index is 0.0478. The molecule has 2 amide bonds. The molecular formula is C30H36N4O4. The van der Waals surface area contributed by atoms with Crippen LogP contribution in [0.1, 0.15) is 34.8 Å². The Kier molecular flexibility index (Phi) is 10.6. The van der Waals surface area contributed by atoms with Gasteiger partial charge in [0.1, 0.15) is 5.75 Å². The molecule has 0 heterocycles. The number of para-hydroxylation sites is 1. The first-order chi connectivity index (χ1) is 18.2.